The summed E-state index contributed by atoms with van der Waals surface area (Å²) in [7, 11) is 3.79. The molecule has 0 amide bonds. The lowest BCUT2D eigenvalue weighted by Gasteiger charge is -2.18. The molecule has 3 nitrogen and oxygen atoms in total. The van der Waals surface area contributed by atoms with Crippen LogP contribution in [0.5, 0.6) is 0 Å². The quantitative estimate of drug-likeness (QED) is 0.765. The normalized spacial score (nSPS) is 10.3. The molecule has 0 unspecified atom stereocenters. The van der Waals surface area contributed by atoms with Crippen molar-refractivity contribution in [3.8, 4) is 0 Å². The number of ether oxygens (including phenoxy) is 1. The highest BCUT2D eigenvalue weighted by Crippen LogP contribution is 2.13. The van der Waals surface area contributed by atoms with Gasteiger partial charge >= 0.3 is 0 Å². The highest BCUT2D eigenvalue weighted by molar-refractivity contribution is 5.46. The van der Waals surface area contributed by atoms with Crippen molar-refractivity contribution in [1.82, 2.24) is 0 Å². The predicted octanol–water partition coefficient (Wildman–Crippen LogP) is 1.27. The third kappa shape index (κ3) is 3.90. The fourth-order valence-electron chi connectivity index (χ4n) is 1.44. The lowest BCUT2D eigenvalue weighted by Crippen LogP contribution is -2.21. The van der Waals surface area contributed by atoms with Crippen LogP contribution in [0.15, 0.2) is 24.3 Å². The smallest absolute Gasteiger partial charge is 0.0637 e. The van der Waals surface area contributed by atoms with Gasteiger partial charge in [0.05, 0.1) is 6.61 Å². The molecule has 15 heavy (non-hydrogen) atoms. The summed E-state index contributed by atoms with van der Waals surface area (Å²) in [6.45, 7) is 2.37. The van der Waals surface area contributed by atoms with Gasteiger partial charge in [0.1, 0.15) is 0 Å². The SMILES string of the molecule is COCCN(C)c1ccc(CCN)cc1. The molecular weight excluding hydrogens is 188 g/mol. The molecule has 0 aliphatic rings. The van der Waals surface area contributed by atoms with Crippen molar-refractivity contribution in [3.05, 3.63) is 29.8 Å². The summed E-state index contributed by atoms with van der Waals surface area (Å²) in [5.74, 6) is 0. The highest BCUT2D eigenvalue weighted by atomic mass is 16.5. The van der Waals surface area contributed by atoms with Crippen molar-refractivity contribution in [3.63, 3.8) is 0 Å². The Morgan fingerprint density at radius 3 is 2.47 bits per heavy atom. The van der Waals surface area contributed by atoms with Gasteiger partial charge in [-0.05, 0) is 30.7 Å². The molecule has 1 rings (SSSR count). The Hall–Kier alpha value is -1.06. The largest absolute Gasteiger partial charge is 0.383 e. The molecule has 0 radical (unpaired) electrons. The van der Waals surface area contributed by atoms with Gasteiger partial charge in [-0.15, -0.1) is 0 Å². The first kappa shape index (κ1) is 12.0. The molecule has 84 valence electrons. The molecule has 0 fully saturated rings. The lowest BCUT2D eigenvalue weighted by atomic mass is 10.1. The Morgan fingerprint density at radius 1 is 1.27 bits per heavy atom. The van der Waals surface area contributed by atoms with Gasteiger partial charge in [0, 0.05) is 26.4 Å². The Kier molecular flexibility index (Phi) is 5.15. The van der Waals surface area contributed by atoms with Crippen LogP contribution in [-0.2, 0) is 11.2 Å². The Morgan fingerprint density at radius 2 is 1.93 bits per heavy atom. The summed E-state index contributed by atoms with van der Waals surface area (Å²) in [5.41, 5.74) is 8.01. The van der Waals surface area contributed by atoms with Crippen LogP contribution < -0.4 is 10.6 Å². The molecular formula is C12H20N2O. The highest BCUT2D eigenvalue weighted by Gasteiger charge is 1.99. The van der Waals surface area contributed by atoms with E-state index in [-0.39, 0.29) is 0 Å². The van der Waals surface area contributed by atoms with Crippen LogP contribution in [0.2, 0.25) is 0 Å². The minimum absolute atomic E-state index is 0.707. The van der Waals surface area contributed by atoms with Crippen LogP contribution in [0.1, 0.15) is 5.56 Å². The Labute approximate surface area is 91.8 Å². The Balaban J connectivity index is 2.54. The van der Waals surface area contributed by atoms with Crippen LogP contribution in [-0.4, -0.2) is 33.9 Å². The summed E-state index contributed by atoms with van der Waals surface area (Å²) in [6, 6.07) is 8.51. The zero-order valence-corrected chi connectivity index (χ0v) is 9.57. The summed E-state index contributed by atoms with van der Waals surface area (Å²) in [4.78, 5) is 2.18. The van der Waals surface area contributed by atoms with Crippen molar-refractivity contribution >= 4 is 5.69 Å². The number of nitrogens with two attached hydrogens (primary N) is 1. The van der Waals surface area contributed by atoms with E-state index in [2.05, 4.69) is 36.2 Å². The van der Waals surface area contributed by atoms with Crippen molar-refractivity contribution in [1.29, 1.82) is 0 Å². The van der Waals surface area contributed by atoms with E-state index >= 15 is 0 Å². The standard InChI is InChI=1S/C12H20N2O/c1-14(9-10-15-2)12-5-3-11(4-6-12)7-8-13/h3-6H,7-10,13H2,1-2H3. The van der Waals surface area contributed by atoms with E-state index in [4.69, 9.17) is 10.5 Å². The van der Waals surface area contributed by atoms with Gasteiger partial charge in [-0.2, -0.15) is 0 Å². The maximum absolute atomic E-state index is 5.50. The minimum atomic E-state index is 0.707. The zero-order valence-electron chi connectivity index (χ0n) is 9.57. The topological polar surface area (TPSA) is 38.5 Å². The molecule has 0 aliphatic carbocycles. The number of nitrogens with zero attached hydrogens (tertiary/aromatic N) is 1. The van der Waals surface area contributed by atoms with E-state index in [1.54, 1.807) is 7.11 Å². The Bertz CT molecular complexity index is 271. The number of methoxy groups -OCH3 is 1. The van der Waals surface area contributed by atoms with Crippen LogP contribution in [0.3, 0.4) is 0 Å². The number of likely N-dealkylation sites (N-methyl/N-ethyl adjacent to an activating group) is 1. The first-order valence-electron chi connectivity index (χ1n) is 5.27. The molecule has 0 aliphatic heterocycles. The predicted molar refractivity (Wildman–Crippen MR) is 64.3 cm³/mol. The van der Waals surface area contributed by atoms with E-state index in [0.29, 0.717) is 6.54 Å². The van der Waals surface area contributed by atoms with Gasteiger partial charge in [-0.1, -0.05) is 12.1 Å². The van der Waals surface area contributed by atoms with Gasteiger partial charge < -0.3 is 15.4 Å². The fraction of sp³-hybridized carbons (Fsp3) is 0.500. The molecule has 0 saturated carbocycles. The van der Waals surface area contributed by atoms with Crippen molar-refractivity contribution in [2.75, 3.05) is 38.8 Å². The molecule has 0 aromatic heterocycles. The molecule has 0 heterocycles. The minimum Gasteiger partial charge on any atom is -0.383 e. The average Bonchev–Trinajstić information content (AvgIpc) is 2.27. The van der Waals surface area contributed by atoms with E-state index in [1.807, 2.05) is 0 Å². The van der Waals surface area contributed by atoms with Crippen LogP contribution in [0, 0.1) is 0 Å². The van der Waals surface area contributed by atoms with Gasteiger partial charge in [0.25, 0.3) is 0 Å². The number of hydrogen-bond acceptors (Lipinski definition) is 3. The lowest BCUT2D eigenvalue weighted by molar-refractivity contribution is 0.206. The van der Waals surface area contributed by atoms with Gasteiger partial charge in [0.2, 0.25) is 0 Å². The fourth-order valence-corrected chi connectivity index (χ4v) is 1.44. The average molecular weight is 208 g/mol. The zero-order chi connectivity index (χ0) is 11.1. The van der Waals surface area contributed by atoms with E-state index in [1.165, 1.54) is 11.3 Å². The van der Waals surface area contributed by atoms with Gasteiger partial charge in [0.15, 0.2) is 0 Å². The maximum Gasteiger partial charge on any atom is 0.0637 e. The summed E-state index contributed by atoms with van der Waals surface area (Å²) >= 11 is 0. The third-order valence-corrected chi connectivity index (χ3v) is 2.44. The van der Waals surface area contributed by atoms with Crippen molar-refractivity contribution in [2.24, 2.45) is 5.73 Å². The second-order valence-corrected chi connectivity index (χ2v) is 3.62. The second kappa shape index (κ2) is 6.43. The monoisotopic (exact) mass is 208 g/mol. The molecule has 0 saturated heterocycles. The molecule has 0 atom stereocenters. The molecule has 0 spiro atoms. The first-order chi connectivity index (χ1) is 7.27. The van der Waals surface area contributed by atoms with Gasteiger partial charge in [-0.25, -0.2) is 0 Å². The van der Waals surface area contributed by atoms with Crippen molar-refractivity contribution in [2.45, 2.75) is 6.42 Å². The number of anilines is 1. The van der Waals surface area contributed by atoms with Crippen LogP contribution in [0.25, 0.3) is 0 Å². The molecule has 1 aromatic rings. The van der Waals surface area contributed by atoms with Gasteiger partial charge in [-0.3, -0.25) is 0 Å². The second-order valence-electron chi connectivity index (χ2n) is 3.62. The first-order valence-corrected chi connectivity index (χ1v) is 5.27. The molecule has 3 heteroatoms. The number of hydrogen-bond donors (Lipinski definition) is 1. The van der Waals surface area contributed by atoms with Crippen LogP contribution >= 0.6 is 0 Å². The molecule has 0 bridgehead atoms. The number of benzene rings is 1. The maximum atomic E-state index is 5.50. The number of rotatable bonds is 6. The van der Waals surface area contributed by atoms with E-state index < -0.39 is 0 Å². The molecule has 1 aromatic carbocycles. The molecule has 2 N–H and O–H groups in total. The van der Waals surface area contributed by atoms with Crippen LogP contribution in [0.4, 0.5) is 5.69 Å². The van der Waals surface area contributed by atoms with E-state index in [0.717, 1.165) is 19.6 Å². The summed E-state index contributed by atoms with van der Waals surface area (Å²) in [5, 5.41) is 0. The van der Waals surface area contributed by atoms with E-state index in [9.17, 15) is 0 Å². The summed E-state index contributed by atoms with van der Waals surface area (Å²) in [6.07, 6.45) is 0.946. The summed E-state index contributed by atoms with van der Waals surface area (Å²) < 4.78 is 5.04. The van der Waals surface area contributed by atoms with Crippen molar-refractivity contribution < 1.29 is 4.74 Å². The third-order valence-electron chi connectivity index (χ3n) is 2.44.